The first kappa shape index (κ1) is 17.6. The minimum atomic E-state index is -0.471. The molecule has 2 N–H and O–H groups in total. The number of aliphatic hydroxyl groups is 1. The molecule has 0 aromatic carbocycles. The molecule has 25 heavy (non-hydrogen) atoms. The highest BCUT2D eigenvalue weighted by Crippen LogP contribution is 2.33. The Hall–Kier alpha value is -2.19. The van der Waals surface area contributed by atoms with E-state index in [4.69, 9.17) is 9.26 Å². The van der Waals surface area contributed by atoms with Crippen LogP contribution in [-0.4, -0.2) is 38.7 Å². The van der Waals surface area contributed by atoms with Crippen LogP contribution in [0.5, 0.6) is 0 Å². The fourth-order valence-electron chi connectivity index (χ4n) is 2.88. The fraction of sp³-hybridized carbons (Fsp3) is 0.588. The summed E-state index contributed by atoms with van der Waals surface area (Å²) in [6.45, 7) is 8.19. The molecule has 1 aliphatic heterocycles. The zero-order chi connectivity index (χ0) is 18.2. The second kappa shape index (κ2) is 6.61. The highest BCUT2D eigenvalue weighted by Gasteiger charge is 2.31. The molecule has 3 rings (SSSR count). The molecular formula is C17H24N4O4. The van der Waals surface area contributed by atoms with Gasteiger partial charge in [-0.2, -0.15) is 5.10 Å². The zero-order valence-corrected chi connectivity index (χ0v) is 14.9. The summed E-state index contributed by atoms with van der Waals surface area (Å²) in [6, 6.07) is 3.53. The quantitative estimate of drug-likeness (QED) is 0.875. The zero-order valence-electron chi connectivity index (χ0n) is 14.9. The molecule has 3 heterocycles. The van der Waals surface area contributed by atoms with Gasteiger partial charge in [0.2, 0.25) is 5.91 Å². The number of ether oxygens (including phenoxy) is 1. The molecular weight excluding hydrogens is 324 g/mol. The van der Waals surface area contributed by atoms with Crippen LogP contribution in [0.25, 0.3) is 0 Å². The van der Waals surface area contributed by atoms with E-state index in [9.17, 15) is 9.90 Å². The highest BCUT2D eigenvalue weighted by atomic mass is 16.5. The van der Waals surface area contributed by atoms with Crippen LogP contribution in [0.1, 0.15) is 50.4 Å². The van der Waals surface area contributed by atoms with Gasteiger partial charge in [0.05, 0.1) is 36.1 Å². The second-order valence-corrected chi connectivity index (χ2v) is 7.41. The van der Waals surface area contributed by atoms with Crippen molar-refractivity contribution in [2.45, 2.75) is 58.3 Å². The van der Waals surface area contributed by atoms with Gasteiger partial charge in [0, 0.05) is 18.6 Å². The molecule has 1 fully saturated rings. The molecule has 0 radical (unpaired) electrons. The molecule has 8 nitrogen and oxygen atoms in total. The van der Waals surface area contributed by atoms with E-state index < -0.39 is 6.10 Å². The Morgan fingerprint density at radius 2 is 2.20 bits per heavy atom. The SMILES string of the molecule is Cc1cc(CC(=O)Nc2cc(C3CC(O)CO3)n(C(C)(C)C)n2)on1. The maximum Gasteiger partial charge on any atom is 0.233 e. The van der Waals surface area contributed by atoms with E-state index in [2.05, 4.69) is 15.6 Å². The molecule has 2 aromatic rings. The number of nitrogens with one attached hydrogen (secondary N) is 1. The lowest BCUT2D eigenvalue weighted by Crippen LogP contribution is -2.26. The Labute approximate surface area is 146 Å². The number of amides is 1. The number of anilines is 1. The summed E-state index contributed by atoms with van der Waals surface area (Å²) in [6.07, 6.45) is -0.0886. The Bertz CT molecular complexity index is 759. The van der Waals surface area contributed by atoms with Crippen LogP contribution in [0, 0.1) is 6.92 Å². The van der Waals surface area contributed by atoms with Crippen molar-refractivity contribution >= 4 is 11.7 Å². The molecule has 0 aliphatic carbocycles. The number of aliphatic hydroxyl groups excluding tert-OH is 1. The normalized spacial score (nSPS) is 20.8. The number of rotatable bonds is 4. The summed E-state index contributed by atoms with van der Waals surface area (Å²) in [4.78, 5) is 12.2. The van der Waals surface area contributed by atoms with Crippen molar-refractivity contribution in [2.24, 2.45) is 0 Å². The van der Waals surface area contributed by atoms with Crippen LogP contribution in [0.3, 0.4) is 0 Å². The van der Waals surface area contributed by atoms with Gasteiger partial charge in [0.1, 0.15) is 11.9 Å². The predicted octanol–water partition coefficient (Wildman–Crippen LogP) is 1.94. The molecule has 1 aliphatic rings. The monoisotopic (exact) mass is 348 g/mol. The maximum absolute atomic E-state index is 12.2. The smallest absolute Gasteiger partial charge is 0.233 e. The van der Waals surface area contributed by atoms with Gasteiger partial charge < -0.3 is 19.7 Å². The van der Waals surface area contributed by atoms with E-state index in [1.165, 1.54) is 0 Å². The lowest BCUT2D eigenvalue weighted by Gasteiger charge is -2.24. The van der Waals surface area contributed by atoms with Crippen LogP contribution < -0.4 is 5.32 Å². The number of hydrogen-bond donors (Lipinski definition) is 2. The largest absolute Gasteiger partial charge is 0.391 e. The molecule has 2 aromatic heterocycles. The molecule has 2 unspecified atom stereocenters. The summed E-state index contributed by atoms with van der Waals surface area (Å²) >= 11 is 0. The van der Waals surface area contributed by atoms with Gasteiger partial charge >= 0.3 is 0 Å². The van der Waals surface area contributed by atoms with Crippen molar-refractivity contribution in [2.75, 3.05) is 11.9 Å². The minimum Gasteiger partial charge on any atom is -0.391 e. The number of aryl methyl sites for hydroxylation is 1. The lowest BCUT2D eigenvalue weighted by molar-refractivity contribution is -0.115. The summed E-state index contributed by atoms with van der Waals surface area (Å²) in [7, 11) is 0. The van der Waals surface area contributed by atoms with Crippen LogP contribution in [-0.2, 0) is 21.5 Å². The van der Waals surface area contributed by atoms with E-state index in [1.807, 2.05) is 25.5 Å². The first-order valence-corrected chi connectivity index (χ1v) is 8.34. The van der Waals surface area contributed by atoms with E-state index in [1.54, 1.807) is 19.1 Å². The van der Waals surface area contributed by atoms with E-state index in [-0.39, 0.29) is 24.0 Å². The van der Waals surface area contributed by atoms with Crippen molar-refractivity contribution in [1.29, 1.82) is 0 Å². The summed E-state index contributed by atoms with van der Waals surface area (Å²) in [5.41, 5.74) is 1.30. The molecule has 1 amide bonds. The molecule has 2 atom stereocenters. The molecule has 1 saturated heterocycles. The van der Waals surface area contributed by atoms with Crippen LogP contribution in [0.2, 0.25) is 0 Å². The standard InChI is InChI=1S/C17H24N4O4/c1-10-5-12(25-20-10)7-16(23)18-15-8-13(14-6-11(22)9-24-14)21(19-15)17(2,3)4/h5,8,11,14,22H,6-7,9H2,1-4H3,(H,18,19,23). The average Bonchev–Trinajstić information content (AvgIpc) is 3.18. The molecule has 136 valence electrons. The van der Waals surface area contributed by atoms with Gasteiger partial charge in [0.15, 0.2) is 5.82 Å². The number of aromatic nitrogens is 3. The number of carbonyl (C=O) groups excluding carboxylic acids is 1. The Morgan fingerprint density at radius 3 is 2.76 bits per heavy atom. The third kappa shape index (κ3) is 4.08. The molecule has 0 saturated carbocycles. The summed E-state index contributed by atoms with van der Waals surface area (Å²) in [5.74, 6) is 0.734. The minimum absolute atomic E-state index is 0.0944. The number of nitrogens with zero attached hydrogens (tertiary/aromatic N) is 3. The Balaban J connectivity index is 1.77. The Morgan fingerprint density at radius 1 is 1.44 bits per heavy atom. The van der Waals surface area contributed by atoms with Crippen LogP contribution in [0.4, 0.5) is 5.82 Å². The molecule has 8 heteroatoms. The van der Waals surface area contributed by atoms with Crippen molar-refractivity contribution in [3.63, 3.8) is 0 Å². The van der Waals surface area contributed by atoms with Crippen LogP contribution >= 0.6 is 0 Å². The number of hydrogen-bond acceptors (Lipinski definition) is 6. The van der Waals surface area contributed by atoms with Gasteiger partial charge in [0.25, 0.3) is 0 Å². The first-order chi connectivity index (χ1) is 11.7. The van der Waals surface area contributed by atoms with Crippen LogP contribution in [0.15, 0.2) is 16.7 Å². The second-order valence-electron chi connectivity index (χ2n) is 7.41. The predicted molar refractivity (Wildman–Crippen MR) is 90.1 cm³/mol. The topological polar surface area (TPSA) is 102 Å². The average molecular weight is 348 g/mol. The van der Waals surface area contributed by atoms with Gasteiger partial charge in [-0.3, -0.25) is 9.48 Å². The summed E-state index contributed by atoms with van der Waals surface area (Å²) in [5, 5.41) is 20.8. The van der Waals surface area contributed by atoms with Gasteiger partial charge in [-0.1, -0.05) is 5.16 Å². The third-order valence-corrected chi connectivity index (χ3v) is 3.96. The van der Waals surface area contributed by atoms with Gasteiger partial charge in [-0.15, -0.1) is 0 Å². The highest BCUT2D eigenvalue weighted by molar-refractivity contribution is 5.91. The van der Waals surface area contributed by atoms with E-state index >= 15 is 0 Å². The fourth-order valence-corrected chi connectivity index (χ4v) is 2.88. The van der Waals surface area contributed by atoms with Gasteiger partial charge in [-0.25, -0.2) is 0 Å². The van der Waals surface area contributed by atoms with Gasteiger partial charge in [-0.05, 0) is 27.7 Å². The number of carbonyl (C=O) groups is 1. The third-order valence-electron chi connectivity index (χ3n) is 3.96. The lowest BCUT2D eigenvalue weighted by atomic mass is 10.1. The van der Waals surface area contributed by atoms with E-state index in [0.717, 1.165) is 11.4 Å². The molecule has 0 spiro atoms. The maximum atomic E-state index is 12.2. The van der Waals surface area contributed by atoms with Crippen molar-refractivity contribution in [1.82, 2.24) is 14.9 Å². The van der Waals surface area contributed by atoms with Crippen molar-refractivity contribution < 1.29 is 19.2 Å². The first-order valence-electron chi connectivity index (χ1n) is 8.34. The summed E-state index contributed by atoms with van der Waals surface area (Å²) < 4.78 is 12.6. The van der Waals surface area contributed by atoms with Crippen molar-refractivity contribution in [3.8, 4) is 0 Å². The van der Waals surface area contributed by atoms with E-state index in [0.29, 0.717) is 24.6 Å². The molecule has 0 bridgehead atoms. The van der Waals surface area contributed by atoms with Crippen molar-refractivity contribution in [3.05, 3.63) is 29.3 Å². The Kier molecular flexibility index (Phi) is 4.66.